The minimum absolute atomic E-state index is 0.707. The number of unbranched alkanes of at least 4 members (excludes halogenated alkanes) is 1. The minimum Gasteiger partial charge on any atom is -0.0654 e. The molecule has 0 bridgehead atoms. The molecule has 1 fully saturated rings. The third-order valence-electron chi connectivity index (χ3n) is 4.35. The normalized spacial score (nSPS) is 22.6. The van der Waals surface area contributed by atoms with Gasteiger partial charge in [-0.25, -0.2) is 0 Å². The molecule has 0 spiro atoms. The van der Waals surface area contributed by atoms with Crippen LogP contribution >= 0.6 is 0 Å². The van der Waals surface area contributed by atoms with E-state index in [-0.39, 0.29) is 0 Å². The molecule has 0 aromatic rings. The van der Waals surface area contributed by atoms with Gasteiger partial charge in [0.1, 0.15) is 0 Å². The van der Waals surface area contributed by atoms with Crippen LogP contribution in [0.15, 0.2) is 0 Å². The molecule has 1 atom stereocenters. The molecule has 0 aliphatic heterocycles. The van der Waals surface area contributed by atoms with Crippen LogP contribution in [0.3, 0.4) is 0 Å². The van der Waals surface area contributed by atoms with Crippen molar-refractivity contribution in [3.63, 3.8) is 0 Å². The zero-order chi connectivity index (χ0) is 11.1. The first kappa shape index (κ1) is 13.1. The van der Waals surface area contributed by atoms with Gasteiger partial charge in [-0.2, -0.15) is 0 Å². The van der Waals surface area contributed by atoms with Crippen molar-refractivity contribution < 1.29 is 0 Å². The predicted molar refractivity (Wildman–Crippen MR) is 69.1 cm³/mol. The topological polar surface area (TPSA) is 0 Å². The largest absolute Gasteiger partial charge is 0.0654 e. The molecule has 0 saturated heterocycles. The first-order valence-corrected chi connectivity index (χ1v) is 7.16. The standard InChI is InChI=1S/C15H30/c1-4-5-9-14(2)10-13-15(3)11-7-6-8-12-15/h14H,4-13H2,1-3H3. The van der Waals surface area contributed by atoms with Gasteiger partial charge in [-0.3, -0.25) is 0 Å². The maximum atomic E-state index is 2.53. The Bertz CT molecular complexity index is 153. The van der Waals surface area contributed by atoms with Crippen molar-refractivity contribution in [3.05, 3.63) is 0 Å². The summed E-state index contributed by atoms with van der Waals surface area (Å²) in [4.78, 5) is 0. The highest BCUT2D eigenvalue weighted by Crippen LogP contribution is 2.40. The Hall–Kier alpha value is 0. The summed E-state index contributed by atoms with van der Waals surface area (Å²) in [5.74, 6) is 0.962. The Morgan fingerprint density at radius 1 is 1.07 bits per heavy atom. The van der Waals surface area contributed by atoms with Gasteiger partial charge in [0.25, 0.3) is 0 Å². The summed E-state index contributed by atoms with van der Waals surface area (Å²) in [5.41, 5.74) is 0.707. The Kier molecular flexibility index (Phi) is 5.71. The van der Waals surface area contributed by atoms with E-state index in [1.807, 2.05) is 0 Å². The predicted octanol–water partition coefficient (Wildman–Crippen LogP) is 5.56. The minimum atomic E-state index is 0.707. The molecule has 1 unspecified atom stereocenters. The molecule has 0 heteroatoms. The second-order valence-corrected chi connectivity index (χ2v) is 6.16. The summed E-state index contributed by atoms with van der Waals surface area (Å²) < 4.78 is 0. The van der Waals surface area contributed by atoms with E-state index < -0.39 is 0 Å². The van der Waals surface area contributed by atoms with Gasteiger partial charge in [-0.1, -0.05) is 65.7 Å². The Morgan fingerprint density at radius 3 is 2.33 bits per heavy atom. The highest BCUT2D eigenvalue weighted by atomic mass is 14.3. The summed E-state index contributed by atoms with van der Waals surface area (Å²) >= 11 is 0. The molecular formula is C15H30. The lowest BCUT2D eigenvalue weighted by Gasteiger charge is -2.34. The van der Waals surface area contributed by atoms with E-state index in [4.69, 9.17) is 0 Å². The van der Waals surface area contributed by atoms with Gasteiger partial charge in [0.05, 0.1) is 0 Å². The molecule has 0 aromatic heterocycles. The van der Waals surface area contributed by atoms with Crippen LogP contribution in [0.25, 0.3) is 0 Å². The quantitative estimate of drug-likeness (QED) is 0.538. The van der Waals surface area contributed by atoms with E-state index in [9.17, 15) is 0 Å². The Balaban J connectivity index is 2.16. The van der Waals surface area contributed by atoms with Crippen LogP contribution in [0.2, 0.25) is 0 Å². The second-order valence-electron chi connectivity index (χ2n) is 6.16. The van der Waals surface area contributed by atoms with Crippen molar-refractivity contribution >= 4 is 0 Å². The fourth-order valence-electron chi connectivity index (χ4n) is 2.95. The molecule has 1 aliphatic rings. The average Bonchev–Trinajstić information content (AvgIpc) is 2.25. The van der Waals surface area contributed by atoms with Crippen molar-refractivity contribution in [2.45, 2.75) is 85.0 Å². The summed E-state index contributed by atoms with van der Waals surface area (Å²) in [6.45, 7) is 7.27. The van der Waals surface area contributed by atoms with Gasteiger partial charge in [-0.05, 0) is 30.6 Å². The third kappa shape index (κ3) is 5.04. The Morgan fingerprint density at radius 2 is 1.73 bits per heavy atom. The van der Waals surface area contributed by atoms with E-state index in [0.29, 0.717) is 5.41 Å². The van der Waals surface area contributed by atoms with Gasteiger partial charge in [0.2, 0.25) is 0 Å². The van der Waals surface area contributed by atoms with Crippen LogP contribution in [0.5, 0.6) is 0 Å². The second kappa shape index (κ2) is 6.55. The summed E-state index contributed by atoms with van der Waals surface area (Å²) in [5, 5.41) is 0. The maximum absolute atomic E-state index is 2.53. The fraction of sp³-hybridized carbons (Fsp3) is 1.00. The summed E-state index contributed by atoms with van der Waals surface area (Å²) in [6.07, 6.45) is 14.6. The molecule has 1 rings (SSSR count). The molecule has 1 saturated carbocycles. The van der Waals surface area contributed by atoms with E-state index in [0.717, 1.165) is 5.92 Å². The molecule has 0 nitrogen and oxygen atoms in total. The van der Waals surface area contributed by atoms with Gasteiger partial charge >= 0.3 is 0 Å². The molecule has 0 aromatic carbocycles. The lowest BCUT2D eigenvalue weighted by Crippen LogP contribution is -2.20. The molecule has 1 aliphatic carbocycles. The van der Waals surface area contributed by atoms with E-state index in [2.05, 4.69) is 20.8 Å². The molecule has 0 N–H and O–H groups in total. The van der Waals surface area contributed by atoms with Crippen molar-refractivity contribution in [2.75, 3.05) is 0 Å². The van der Waals surface area contributed by atoms with Gasteiger partial charge < -0.3 is 0 Å². The Labute approximate surface area is 96.8 Å². The SMILES string of the molecule is CCCCC(C)CCC1(C)CCCCC1. The summed E-state index contributed by atoms with van der Waals surface area (Å²) in [6, 6.07) is 0. The number of hydrogen-bond acceptors (Lipinski definition) is 0. The highest BCUT2D eigenvalue weighted by molar-refractivity contribution is 4.78. The molecular weight excluding hydrogens is 180 g/mol. The van der Waals surface area contributed by atoms with Crippen molar-refractivity contribution in [1.82, 2.24) is 0 Å². The van der Waals surface area contributed by atoms with Crippen LogP contribution in [0.4, 0.5) is 0 Å². The van der Waals surface area contributed by atoms with Crippen LogP contribution in [-0.4, -0.2) is 0 Å². The van der Waals surface area contributed by atoms with Crippen molar-refractivity contribution in [2.24, 2.45) is 11.3 Å². The zero-order valence-corrected chi connectivity index (χ0v) is 11.1. The van der Waals surface area contributed by atoms with Crippen molar-refractivity contribution in [1.29, 1.82) is 0 Å². The molecule has 0 heterocycles. The van der Waals surface area contributed by atoms with Crippen LogP contribution < -0.4 is 0 Å². The maximum Gasteiger partial charge on any atom is -0.0326 e. The average molecular weight is 210 g/mol. The highest BCUT2D eigenvalue weighted by Gasteiger charge is 2.26. The smallest absolute Gasteiger partial charge is 0.0326 e. The van der Waals surface area contributed by atoms with Gasteiger partial charge in [0, 0.05) is 0 Å². The molecule has 15 heavy (non-hydrogen) atoms. The zero-order valence-electron chi connectivity index (χ0n) is 11.1. The van der Waals surface area contributed by atoms with Crippen LogP contribution in [-0.2, 0) is 0 Å². The van der Waals surface area contributed by atoms with E-state index in [1.54, 1.807) is 0 Å². The number of rotatable bonds is 6. The first-order valence-electron chi connectivity index (χ1n) is 7.16. The fourth-order valence-corrected chi connectivity index (χ4v) is 2.95. The molecule has 0 radical (unpaired) electrons. The molecule has 0 amide bonds. The van der Waals surface area contributed by atoms with E-state index >= 15 is 0 Å². The first-order chi connectivity index (χ1) is 7.16. The number of hydrogen-bond donors (Lipinski definition) is 0. The molecule has 90 valence electrons. The van der Waals surface area contributed by atoms with Crippen LogP contribution in [0.1, 0.15) is 85.0 Å². The van der Waals surface area contributed by atoms with Gasteiger partial charge in [0.15, 0.2) is 0 Å². The summed E-state index contributed by atoms with van der Waals surface area (Å²) in [7, 11) is 0. The van der Waals surface area contributed by atoms with Crippen LogP contribution in [0, 0.1) is 11.3 Å². The monoisotopic (exact) mass is 210 g/mol. The van der Waals surface area contributed by atoms with E-state index in [1.165, 1.54) is 64.2 Å². The van der Waals surface area contributed by atoms with Crippen molar-refractivity contribution in [3.8, 4) is 0 Å². The lowest BCUT2D eigenvalue weighted by molar-refractivity contribution is 0.182. The lowest BCUT2D eigenvalue weighted by atomic mass is 9.71. The third-order valence-corrected chi connectivity index (χ3v) is 4.35. The van der Waals surface area contributed by atoms with Gasteiger partial charge in [-0.15, -0.1) is 0 Å².